The molecule has 2 N–H and O–H groups in total. The number of hydrogen-bond donors (Lipinski definition) is 2. The quantitative estimate of drug-likeness (QED) is 0.251. The van der Waals surface area contributed by atoms with Gasteiger partial charge in [-0.15, -0.1) is 0 Å². The second kappa shape index (κ2) is 10.9. The highest BCUT2D eigenvalue weighted by Crippen LogP contribution is 2.42. The van der Waals surface area contributed by atoms with Gasteiger partial charge < -0.3 is 19.9 Å². The number of aromatic nitrogens is 1. The standard InChI is InChI=1S/C29H20ClF3N2O5/c30-23-13-22-21(28(37)38)10-11-39-25(22)14-26(23)40-20-7-4-16(5-8-20)27(36)35-19-6-9-24(34-15-19)17-2-1-3-18(12-17)29(31,32)33/h1-9,12-15,21H,10-11H2,(H,35,36)(H,37,38). The maximum atomic E-state index is 13.0. The van der Waals surface area contributed by atoms with Crippen LogP contribution in [0.1, 0.15) is 33.8 Å². The van der Waals surface area contributed by atoms with Gasteiger partial charge in [-0.25, -0.2) is 0 Å². The Hall–Kier alpha value is -4.57. The first-order valence-corrected chi connectivity index (χ1v) is 12.4. The number of nitrogens with zero attached hydrogens (tertiary/aromatic N) is 1. The number of fused-ring (bicyclic) bond motifs is 1. The molecular weight excluding hydrogens is 549 g/mol. The van der Waals surface area contributed by atoms with E-state index in [1.54, 1.807) is 36.4 Å². The highest BCUT2D eigenvalue weighted by molar-refractivity contribution is 6.32. The van der Waals surface area contributed by atoms with Gasteiger partial charge in [-0.2, -0.15) is 13.2 Å². The number of hydrogen-bond acceptors (Lipinski definition) is 5. The smallest absolute Gasteiger partial charge is 0.416 e. The predicted octanol–water partition coefficient (Wildman–Crippen LogP) is 7.42. The maximum absolute atomic E-state index is 13.0. The molecule has 0 aliphatic carbocycles. The van der Waals surface area contributed by atoms with Crippen LogP contribution in [0.5, 0.6) is 17.2 Å². The van der Waals surface area contributed by atoms with Crippen LogP contribution in [-0.2, 0) is 11.0 Å². The molecule has 11 heteroatoms. The van der Waals surface area contributed by atoms with Crippen molar-refractivity contribution in [3.8, 4) is 28.5 Å². The number of anilines is 1. The first-order chi connectivity index (χ1) is 19.1. The molecule has 0 fully saturated rings. The van der Waals surface area contributed by atoms with Crippen molar-refractivity contribution in [3.63, 3.8) is 0 Å². The van der Waals surface area contributed by atoms with E-state index in [0.29, 0.717) is 46.0 Å². The van der Waals surface area contributed by atoms with Crippen LogP contribution in [0.2, 0.25) is 5.02 Å². The minimum Gasteiger partial charge on any atom is -0.493 e. The summed E-state index contributed by atoms with van der Waals surface area (Å²) in [6.45, 7) is 0.262. The van der Waals surface area contributed by atoms with E-state index < -0.39 is 29.5 Å². The van der Waals surface area contributed by atoms with E-state index in [-0.39, 0.29) is 17.4 Å². The molecule has 3 aromatic carbocycles. The van der Waals surface area contributed by atoms with E-state index in [2.05, 4.69) is 10.3 Å². The number of pyridine rings is 1. The number of amides is 1. The molecule has 1 aliphatic heterocycles. The maximum Gasteiger partial charge on any atom is 0.416 e. The van der Waals surface area contributed by atoms with Crippen molar-refractivity contribution in [1.82, 2.24) is 4.98 Å². The summed E-state index contributed by atoms with van der Waals surface area (Å²) >= 11 is 6.34. The number of ether oxygens (including phenoxy) is 2. The zero-order chi connectivity index (χ0) is 28.4. The molecule has 0 saturated carbocycles. The van der Waals surface area contributed by atoms with E-state index in [1.807, 2.05) is 0 Å². The fraction of sp³-hybridized carbons (Fsp3) is 0.138. The molecule has 40 heavy (non-hydrogen) atoms. The van der Waals surface area contributed by atoms with Gasteiger partial charge >= 0.3 is 12.1 Å². The lowest BCUT2D eigenvalue weighted by Gasteiger charge is -2.24. The fourth-order valence-electron chi connectivity index (χ4n) is 4.22. The summed E-state index contributed by atoms with van der Waals surface area (Å²) in [6, 6.07) is 17.2. The molecule has 0 saturated heterocycles. The van der Waals surface area contributed by atoms with Gasteiger partial charge in [0.1, 0.15) is 17.2 Å². The fourth-order valence-corrected chi connectivity index (χ4v) is 4.43. The summed E-state index contributed by atoms with van der Waals surface area (Å²) in [5.74, 6) is -1.04. The summed E-state index contributed by atoms with van der Waals surface area (Å²) in [5.41, 5.74) is 1.03. The van der Waals surface area contributed by atoms with Crippen molar-refractivity contribution >= 4 is 29.2 Å². The third-order valence-electron chi connectivity index (χ3n) is 6.25. The lowest BCUT2D eigenvalue weighted by atomic mass is 9.93. The molecule has 204 valence electrons. The molecule has 1 amide bonds. The Labute approximate surface area is 231 Å². The highest BCUT2D eigenvalue weighted by Gasteiger charge is 2.31. The van der Waals surface area contributed by atoms with Crippen molar-refractivity contribution < 1.29 is 37.3 Å². The van der Waals surface area contributed by atoms with Crippen LogP contribution in [0.25, 0.3) is 11.3 Å². The Kier molecular flexibility index (Phi) is 7.36. The molecule has 0 spiro atoms. The van der Waals surface area contributed by atoms with E-state index in [0.717, 1.165) is 12.1 Å². The normalized spacial score (nSPS) is 14.6. The van der Waals surface area contributed by atoms with Crippen molar-refractivity contribution in [3.05, 3.63) is 101 Å². The topological polar surface area (TPSA) is 97.8 Å². The average Bonchev–Trinajstić information content (AvgIpc) is 2.93. The third-order valence-corrected chi connectivity index (χ3v) is 6.55. The monoisotopic (exact) mass is 568 g/mol. The average molecular weight is 569 g/mol. The van der Waals surface area contributed by atoms with Crippen LogP contribution in [0.3, 0.4) is 0 Å². The van der Waals surface area contributed by atoms with Crippen LogP contribution in [0.15, 0.2) is 79.0 Å². The van der Waals surface area contributed by atoms with Crippen molar-refractivity contribution in [2.75, 3.05) is 11.9 Å². The number of rotatable bonds is 6. The Morgan fingerprint density at radius 2 is 1.82 bits per heavy atom. The van der Waals surface area contributed by atoms with E-state index in [9.17, 15) is 27.9 Å². The second-order valence-corrected chi connectivity index (χ2v) is 9.35. The van der Waals surface area contributed by atoms with Gasteiger partial charge in [0.25, 0.3) is 5.91 Å². The largest absolute Gasteiger partial charge is 0.493 e. The van der Waals surface area contributed by atoms with Gasteiger partial charge in [0.15, 0.2) is 0 Å². The Balaban J connectivity index is 1.24. The number of carbonyl (C=O) groups excluding carboxylic acids is 1. The van der Waals surface area contributed by atoms with Crippen molar-refractivity contribution in [2.24, 2.45) is 0 Å². The zero-order valence-corrected chi connectivity index (χ0v) is 21.3. The van der Waals surface area contributed by atoms with Gasteiger partial charge in [0.05, 0.1) is 40.7 Å². The zero-order valence-electron chi connectivity index (χ0n) is 20.5. The second-order valence-electron chi connectivity index (χ2n) is 8.94. The SMILES string of the molecule is O=C(Nc1ccc(-c2cccc(C(F)(F)F)c2)nc1)c1ccc(Oc2cc3c(cc2Cl)C(C(=O)O)CCO3)cc1. The van der Waals surface area contributed by atoms with Gasteiger partial charge in [-0.1, -0.05) is 23.7 Å². The van der Waals surface area contributed by atoms with E-state index in [1.165, 1.54) is 30.5 Å². The number of aliphatic carboxylic acids is 1. The number of carbonyl (C=O) groups is 2. The van der Waals surface area contributed by atoms with Gasteiger partial charge in [0, 0.05) is 22.8 Å². The highest BCUT2D eigenvalue weighted by atomic mass is 35.5. The molecule has 4 aromatic rings. The number of benzene rings is 3. The molecule has 0 radical (unpaired) electrons. The van der Waals surface area contributed by atoms with Crippen LogP contribution in [-0.4, -0.2) is 28.6 Å². The molecule has 0 bridgehead atoms. The summed E-state index contributed by atoms with van der Waals surface area (Å²) in [6.07, 6.45) is -2.75. The lowest BCUT2D eigenvalue weighted by molar-refractivity contribution is -0.139. The molecule has 5 rings (SSSR count). The van der Waals surface area contributed by atoms with Gasteiger partial charge in [-0.3, -0.25) is 14.6 Å². The number of carboxylic acids is 1. The van der Waals surface area contributed by atoms with Crippen LogP contribution >= 0.6 is 11.6 Å². The van der Waals surface area contributed by atoms with Crippen molar-refractivity contribution in [1.29, 1.82) is 0 Å². The summed E-state index contributed by atoms with van der Waals surface area (Å²) < 4.78 is 50.4. The minimum atomic E-state index is -4.46. The third kappa shape index (κ3) is 5.86. The van der Waals surface area contributed by atoms with E-state index >= 15 is 0 Å². The molecule has 2 heterocycles. The van der Waals surface area contributed by atoms with Crippen LogP contribution < -0.4 is 14.8 Å². The molecule has 1 atom stereocenters. The lowest BCUT2D eigenvalue weighted by Crippen LogP contribution is -2.20. The first kappa shape index (κ1) is 27.0. The van der Waals surface area contributed by atoms with Crippen LogP contribution in [0.4, 0.5) is 18.9 Å². The summed E-state index contributed by atoms with van der Waals surface area (Å²) in [7, 11) is 0. The summed E-state index contributed by atoms with van der Waals surface area (Å²) in [4.78, 5) is 28.4. The van der Waals surface area contributed by atoms with Crippen LogP contribution in [0, 0.1) is 0 Å². The number of halogens is 4. The minimum absolute atomic E-state index is 0.221. The number of alkyl halides is 3. The molecule has 1 aliphatic rings. The first-order valence-electron chi connectivity index (χ1n) is 12.0. The Bertz CT molecular complexity index is 1570. The van der Waals surface area contributed by atoms with Gasteiger partial charge in [-0.05, 0) is 61.0 Å². The van der Waals surface area contributed by atoms with E-state index in [4.69, 9.17) is 21.1 Å². The predicted molar refractivity (Wildman–Crippen MR) is 141 cm³/mol. The van der Waals surface area contributed by atoms with Crippen molar-refractivity contribution in [2.45, 2.75) is 18.5 Å². The Morgan fingerprint density at radius 3 is 2.50 bits per heavy atom. The van der Waals surface area contributed by atoms with Gasteiger partial charge in [0.2, 0.25) is 0 Å². The molecular formula is C29H20ClF3N2O5. The Morgan fingerprint density at radius 1 is 1.05 bits per heavy atom. The number of nitrogens with one attached hydrogen (secondary N) is 1. The number of carboxylic acid groups (broad SMARTS) is 1. The summed E-state index contributed by atoms with van der Waals surface area (Å²) in [5, 5.41) is 12.3. The molecule has 1 aromatic heterocycles. The molecule has 1 unspecified atom stereocenters. The molecule has 7 nitrogen and oxygen atoms in total.